The first-order valence-corrected chi connectivity index (χ1v) is 7.77. The lowest BCUT2D eigenvalue weighted by Crippen LogP contribution is -2.24. The fraction of sp³-hybridized carbons (Fsp3) is 0.118. The smallest absolute Gasteiger partial charge is 0.408 e. The molecule has 0 aliphatic heterocycles. The van der Waals surface area contributed by atoms with Crippen LogP contribution < -0.4 is 5.32 Å². The van der Waals surface area contributed by atoms with Crippen LogP contribution in [0.5, 0.6) is 0 Å². The van der Waals surface area contributed by atoms with Crippen molar-refractivity contribution in [2.24, 2.45) is 0 Å². The third kappa shape index (κ3) is 5.69. The van der Waals surface area contributed by atoms with E-state index in [1.54, 1.807) is 6.07 Å². The Morgan fingerprint density at radius 2 is 1.74 bits per heavy atom. The minimum Gasteiger partial charge on any atom is -0.445 e. The number of ether oxygens (including phenoxy) is 1. The van der Waals surface area contributed by atoms with Crippen LogP contribution in [0.2, 0.25) is 15.1 Å². The molecular weight excluding hydrogens is 357 g/mol. The van der Waals surface area contributed by atoms with Crippen LogP contribution in [0.1, 0.15) is 11.1 Å². The van der Waals surface area contributed by atoms with Gasteiger partial charge in [-0.25, -0.2) is 4.79 Å². The van der Waals surface area contributed by atoms with Crippen LogP contribution in [0.15, 0.2) is 42.5 Å². The molecule has 2 aromatic carbocycles. The van der Waals surface area contributed by atoms with E-state index in [2.05, 4.69) is 17.2 Å². The van der Waals surface area contributed by atoms with E-state index in [4.69, 9.17) is 39.5 Å². The average Bonchev–Trinajstić information content (AvgIpc) is 2.55. The summed E-state index contributed by atoms with van der Waals surface area (Å²) in [5.74, 6) is 5.58. The van der Waals surface area contributed by atoms with E-state index in [0.717, 1.165) is 5.56 Å². The van der Waals surface area contributed by atoms with Gasteiger partial charge in [-0.2, -0.15) is 0 Å². The molecule has 0 heterocycles. The summed E-state index contributed by atoms with van der Waals surface area (Å²) in [5.41, 5.74) is 1.46. The van der Waals surface area contributed by atoms with Gasteiger partial charge in [0.15, 0.2) is 0 Å². The Kier molecular flexibility index (Phi) is 6.61. The van der Waals surface area contributed by atoms with Gasteiger partial charge in [0.05, 0.1) is 21.6 Å². The molecular formula is C17H12Cl3NO2. The van der Waals surface area contributed by atoms with Gasteiger partial charge in [0.1, 0.15) is 6.61 Å². The van der Waals surface area contributed by atoms with Gasteiger partial charge in [-0.1, -0.05) is 77.0 Å². The Balaban J connectivity index is 1.81. The quantitative estimate of drug-likeness (QED) is 0.616. The van der Waals surface area contributed by atoms with Crippen molar-refractivity contribution in [1.82, 2.24) is 5.32 Å². The minimum absolute atomic E-state index is 0.129. The molecule has 23 heavy (non-hydrogen) atoms. The van der Waals surface area contributed by atoms with Gasteiger partial charge in [-0.05, 0) is 17.7 Å². The van der Waals surface area contributed by atoms with Crippen molar-refractivity contribution in [3.05, 3.63) is 68.7 Å². The average molecular weight is 369 g/mol. The molecule has 0 unspecified atom stereocenters. The Morgan fingerprint density at radius 3 is 2.48 bits per heavy atom. The number of alkyl carbamates (subject to hydrolysis) is 1. The summed E-state index contributed by atoms with van der Waals surface area (Å²) in [4.78, 5) is 11.5. The van der Waals surface area contributed by atoms with Crippen molar-refractivity contribution in [2.45, 2.75) is 6.61 Å². The molecule has 0 saturated heterocycles. The predicted molar refractivity (Wildman–Crippen MR) is 93.0 cm³/mol. The van der Waals surface area contributed by atoms with Crippen LogP contribution in [-0.2, 0) is 11.3 Å². The molecule has 0 saturated carbocycles. The molecule has 2 rings (SSSR count). The number of hydrogen-bond donors (Lipinski definition) is 1. The zero-order chi connectivity index (χ0) is 16.7. The van der Waals surface area contributed by atoms with Crippen LogP contribution in [0.25, 0.3) is 0 Å². The third-order valence-electron chi connectivity index (χ3n) is 2.77. The lowest BCUT2D eigenvalue weighted by Gasteiger charge is -2.04. The van der Waals surface area contributed by atoms with E-state index in [0.29, 0.717) is 20.6 Å². The maximum absolute atomic E-state index is 11.5. The van der Waals surface area contributed by atoms with E-state index in [1.807, 2.05) is 30.3 Å². The molecule has 6 heteroatoms. The van der Waals surface area contributed by atoms with Crippen LogP contribution in [0, 0.1) is 11.8 Å². The highest BCUT2D eigenvalue weighted by molar-refractivity contribution is 6.43. The molecule has 1 amide bonds. The van der Waals surface area contributed by atoms with Crippen molar-refractivity contribution < 1.29 is 9.53 Å². The second-order valence-corrected chi connectivity index (χ2v) is 5.68. The maximum Gasteiger partial charge on any atom is 0.408 e. The fourth-order valence-electron chi connectivity index (χ4n) is 1.65. The number of carbonyl (C=O) groups excluding carboxylic acids is 1. The van der Waals surface area contributed by atoms with Crippen molar-refractivity contribution in [3.8, 4) is 11.8 Å². The second kappa shape index (κ2) is 8.69. The van der Waals surface area contributed by atoms with Crippen LogP contribution >= 0.6 is 34.8 Å². The third-order valence-corrected chi connectivity index (χ3v) is 3.80. The van der Waals surface area contributed by atoms with Gasteiger partial charge in [0.25, 0.3) is 0 Å². The molecule has 3 nitrogen and oxygen atoms in total. The zero-order valence-electron chi connectivity index (χ0n) is 11.9. The second-order valence-electron chi connectivity index (χ2n) is 4.46. The first kappa shape index (κ1) is 17.5. The number of rotatable bonds is 3. The molecule has 0 radical (unpaired) electrons. The number of halogens is 3. The van der Waals surface area contributed by atoms with E-state index in [1.165, 1.54) is 6.07 Å². The summed E-state index contributed by atoms with van der Waals surface area (Å²) in [6.45, 7) is 0.336. The van der Waals surface area contributed by atoms with E-state index >= 15 is 0 Å². The van der Waals surface area contributed by atoms with Crippen molar-refractivity contribution in [1.29, 1.82) is 0 Å². The first-order valence-electron chi connectivity index (χ1n) is 6.64. The number of hydrogen-bond acceptors (Lipinski definition) is 2. The highest BCUT2D eigenvalue weighted by atomic mass is 35.5. The van der Waals surface area contributed by atoms with Gasteiger partial charge < -0.3 is 10.1 Å². The number of nitrogens with one attached hydrogen (secondary N) is 1. The standard InChI is InChI=1S/C17H12Cl3NO2/c18-14-10-16(20)15(19)9-13(14)7-4-8-21-17(22)23-11-12-5-2-1-3-6-12/h1-3,5-6,9-10H,8,11H2,(H,21,22). The Bertz CT molecular complexity index is 752. The number of carbonyl (C=O) groups is 1. The molecule has 2 aromatic rings. The van der Waals surface area contributed by atoms with Crippen LogP contribution in [0.3, 0.4) is 0 Å². The van der Waals surface area contributed by atoms with Crippen LogP contribution in [-0.4, -0.2) is 12.6 Å². The van der Waals surface area contributed by atoms with E-state index in [9.17, 15) is 4.79 Å². The lowest BCUT2D eigenvalue weighted by molar-refractivity contribution is 0.141. The molecule has 0 fully saturated rings. The largest absolute Gasteiger partial charge is 0.445 e. The van der Waals surface area contributed by atoms with E-state index in [-0.39, 0.29) is 13.2 Å². The molecule has 0 atom stereocenters. The SMILES string of the molecule is O=C(NCC#Cc1cc(Cl)c(Cl)cc1Cl)OCc1ccccc1. The molecule has 118 valence electrons. The van der Waals surface area contributed by atoms with E-state index < -0.39 is 6.09 Å². The summed E-state index contributed by atoms with van der Waals surface area (Å²) in [6.07, 6.45) is -0.539. The Morgan fingerprint density at radius 1 is 1.04 bits per heavy atom. The highest BCUT2D eigenvalue weighted by Crippen LogP contribution is 2.28. The minimum atomic E-state index is -0.539. The molecule has 0 bridgehead atoms. The molecule has 0 aromatic heterocycles. The van der Waals surface area contributed by atoms with Crippen molar-refractivity contribution >= 4 is 40.9 Å². The molecule has 1 N–H and O–H groups in total. The number of benzene rings is 2. The molecule has 0 spiro atoms. The zero-order valence-corrected chi connectivity index (χ0v) is 14.2. The predicted octanol–water partition coefficient (Wildman–Crippen LogP) is 4.92. The summed E-state index contributed by atoms with van der Waals surface area (Å²) >= 11 is 17.7. The monoisotopic (exact) mass is 367 g/mol. The highest BCUT2D eigenvalue weighted by Gasteiger charge is 2.04. The number of amides is 1. The van der Waals surface area contributed by atoms with Crippen molar-refractivity contribution in [3.63, 3.8) is 0 Å². The lowest BCUT2D eigenvalue weighted by atomic mass is 10.2. The summed E-state index contributed by atoms with van der Waals surface area (Å²) in [6, 6.07) is 12.5. The fourth-order valence-corrected chi connectivity index (χ4v) is 2.24. The maximum atomic E-state index is 11.5. The van der Waals surface area contributed by atoms with Gasteiger partial charge >= 0.3 is 6.09 Å². The van der Waals surface area contributed by atoms with Crippen molar-refractivity contribution in [2.75, 3.05) is 6.54 Å². The van der Waals surface area contributed by atoms with Gasteiger partial charge in [0, 0.05) is 5.56 Å². The normalized spacial score (nSPS) is 9.70. The Labute approximate surface area is 149 Å². The Hall–Kier alpha value is -1.86. The van der Waals surface area contributed by atoms with Gasteiger partial charge in [-0.3, -0.25) is 0 Å². The summed E-state index contributed by atoms with van der Waals surface area (Å²) in [5, 5.41) is 3.67. The first-order chi connectivity index (χ1) is 11.1. The van der Waals surface area contributed by atoms with Gasteiger partial charge in [0.2, 0.25) is 0 Å². The topological polar surface area (TPSA) is 38.3 Å². The van der Waals surface area contributed by atoms with Crippen LogP contribution in [0.4, 0.5) is 4.79 Å². The van der Waals surface area contributed by atoms with Gasteiger partial charge in [-0.15, -0.1) is 0 Å². The summed E-state index contributed by atoms with van der Waals surface area (Å²) < 4.78 is 5.06. The molecule has 0 aliphatic carbocycles. The molecule has 0 aliphatic rings. The summed E-state index contributed by atoms with van der Waals surface area (Å²) in [7, 11) is 0.